The average molecular weight is 519 g/mol. The van der Waals surface area contributed by atoms with E-state index in [4.69, 9.17) is 16.3 Å². The molecule has 0 aromatic heterocycles. The van der Waals surface area contributed by atoms with Crippen molar-refractivity contribution in [3.63, 3.8) is 0 Å². The zero-order valence-electron chi connectivity index (χ0n) is 16.1. The second-order valence-corrected chi connectivity index (χ2v) is 7.59. The molecule has 3 rings (SSSR count). The van der Waals surface area contributed by atoms with Crippen molar-refractivity contribution < 1.29 is 23.5 Å². The molecule has 0 fully saturated rings. The number of nitrogens with zero attached hydrogens (tertiary/aromatic N) is 1. The van der Waals surface area contributed by atoms with Crippen LogP contribution in [0.2, 0.25) is 5.02 Å². The summed E-state index contributed by atoms with van der Waals surface area (Å²) in [6, 6.07) is 15.9. The summed E-state index contributed by atoms with van der Waals surface area (Å²) in [5.41, 5.74) is 2.98. The quantitative estimate of drug-likeness (QED) is 0.170. The Kier molecular flexibility index (Phi) is 7.69. The highest BCUT2D eigenvalue weighted by atomic mass is 79.9. The molecule has 3 aromatic carbocycles. The predicted molar refractivity (Wildman–Crippen MR) is 121 cm³/mol. The highest BCUT2D eigenvalue weighted by molar-refractivity contribution is 9.10. The van der Waals surface area contributed by atoms with Gasteiger partial charge in [-0.05, 0) is 66.7 Å². The number of benzene rings is 3. The lowest BCUT2D eigenvalue weighted by molar-refractivity contribution is -0.136. The third-order valence-electron chi connectivity index (χ3n) is 3.93. The van der Waals surface area contributed by atoms with Gasteiger partial charge >= 0.3 is 17.8 Å². The first-order valence-electron chi connectivity index (χ1n) is 8.99. The van der Waals surface area contributed by atoms with E-state index in [1.54, 1.807) is 30.3 Å². The lowest BCUT2D eigenvalue weighted by atomic mass is 10.2. The van der Waals surface area contributed by atoms with Gasteiger partial charge in [0.2, 0.25) is 0 Å². The average Bonchev–Trinajstić information content (AvgIpc) is 2.77. The summed E-state index contributed by atoms with van der Waals surface area (Å²) in [4.78, 5) is 36.2. The predicted octanol–water partition coefficient (Wildman–Crippen LogP) is 4.55. The van der Waals surface area contributed by atoms with Crippen molar-refractivity contribution in [2.24, 2.45) is 5.10 Å². The third-order valence-corrected chi connectivity index (χ3v) is 4.68. The SMILES string of the molecule is O=C(N/N=C/c1cc(Br)ccc1OC(=O)c1ccc(Cl)cc1)C(=O)Nc1ccc(F)cc1. The number of rotatable bonds is 5. The lowest BCUT2D eigenvalue weighted by Crippen LogP contribution is -2.32. The second-order valence-electron chi connectivity index (χ2n) is 6.24. The first kappa shape index (κ1) is 23.1. The Labute approximate surface area is 195 Å². The molecule has 162 valence electrons. The van der Waals surface area contributed by atoms with Gasteiger partial charge in [0, 0.05) is 20.7 Å². The van der Waals surface area contributed by atoms with E-state index in [9.17, 15) is 18.8 Å². The van der Waals surface area contributed by atoms with E-state index in [-0.39, 0.29) is 11.4 Å². The number of esters is 1. The van der Waals surface area contributed by atoms with Crippen molar-refractivity contribution in [2.45, 2.75) is 0 Å². The van der Waals surface area contributed by atoms with Gasteiger partial charge in [0.05, 0.1) is 11.8 Å². The molecule has 0 aliphatic rings. The molecule has 0 atom stereocenters. The fourth-order valence-electron chi connectivity index (χ4n) is 2.39. The summed E-state index contributed by atoms with van der Waals surface area (Å²) in [5, 5.41) is 6.53. The molecule has 0 unspecified atom stereocenters. The van der Waals surface area contributed by atoms with Crippen LogP contribution in [0.5, 0.6) is 5.75 Å². The van der Waals surface area contributed by atoms with Crippen LogP contribution < -0.4 is 15.5 Å². The number of nitrogens with one attached hydrogen (secondary N) is 2. The largest absolute Gasteiger partial charge is 0.422 e. The zero-order chi connectivity index (χ0) is 23.1. The molecule has 32 heavy (non-hydrogen) atoms. The molecule has 2 N–H and O–H groups in total. The molecule has 0 aliphatic heterocycles. The monoisotopic (exact) mass is 517 g/mol. The summed E-state index contributed by atoms with van der Waals surface area (Å²) in [7, 11) is 0. The molecule has 2 amide bonds. The first-order valence-corrected chi connectivity index (χ1v) is 10.2. The molecule has 3 aromatic rings. The molecule has 0 heterocycles. The Hall–Kier alpha value is -3.56. The molecule has 0 spiro atoms. The maximum atomic E-state index is 12.9. The van der Waals surface area contributed by atoms with Crippen molar-refractivity contribution in [1.82, 2.24) is 5.43 Å². The van der Waals surface area contributed by atoms with Crippen molar-refractivity contribution in [3.8, 4) is 5.75 Å². The Balaban J connectivity index is 1.65. The van der Waals surface area contributed by atoms with Crippen LogP contribution in [0.1, 0.15) is 15.9 Å². The van der Waals surface area contributed by atoms with Crippen LogP contribution in [0.25, 0.3) is 0 Å². The number of hydrogen-bond acceptors (Lipinski definition) is 5. The summed E-state index contributed by atoms with van der Waals surface area (Å²) in [5.74, 6) is -2.93. The molecular weight excluding hydrogens is 505 g/mol. The van der Waals surface area contributed by atoms with Crippen LogP contribution in [-0.2, 0) is 9.59 Å². The maximum absolute atomic E-state index is 12.9. The Morgan fingerprint density at radius 1 is 0.969 bits per heavy atom. The molecular formula is C22H14BrClFN3O4. The van der Waals surface area contributed by atoms with Crippen molar-refractivity contribution in [2.75, 3.05) is 5.32 Å². The minimum absolute atomic E-state index is 0.182. The zero-order valence-corrected chi connectivity index (χ0v) is 18.5. The van der Waals surface area contributed by atoms with Crippen LogP contribution in [0.15, 0.2) is 76.3 Å². The topological polar surface area (TPSA) is 96.9 Å². The number of halogens is 3. The maximum Gasteiger partial charge on any atom is 0.343 e. The second kappa shape index (κ2) is 10.7. The van der Waals surface area contributed by atoms with Gasteiger partial charge in [-0.2, -0.15) is 5.10 Å². The minimum atomic E-state index is -1.04. The van der Waals surface area contributed by atoms with Crippen LogP contribution in [0, 0.1) is 5.82 Å². The van der Waals surface area contributed by atoms with Crippen molar-refractivity contribution >= 4 is 57.2 Å². The standard InChI is InChI=1S/C22H14BrClFN3O4/c23-15-3-10-19(32-22(31)13-1-4-16(24)5-2-13)14(11-15)12-26-28-21(30)20(29)27-18-8-6-17(25)7-9-18/h1-12H,(H,27,29)(H,28,30)/b26-12+. The Morgan fingerprint density at radius 2 is 1.66 bits per heavy atom. The molecule has 0 aliphatic carbocycles. The van der Waals surface area contributed by atoms with Gasteiger partial charge in [-0.25, -0.2) is 14.6 Å². The molecule has 10 heteroatoms. The smallest absolute Gasteiger partial charge is 0.343 e. The number of ether oxygens (including phenoxy) is 1. The first-order chi connectivity index (χ1) is 15.3. The van der Waals surface area contributed by atoms with E-state index >= 15 is 0 Å². The summed E-state index contributed by atoms with van der Waals surface area (Å²) >= 11 is 9.13. The summed E-state index contributed by atoms with van der Waals surface area (Å²) < 4.78 is 19.0. The van der Waals surface area contributed by atoms with Gasteiger partial charge < -0.3 is 10.1 Å². The molecule has 0 saturated heterocycles. The molecule has 7 nitrogen and oxygen atoms in total. The summed E-state index contributed by atoms with van der Waals surface area (Å²) in [6.45, 7) is 0. The van der Waals surface area contributed by atoms with Crippen LogP contribution >= 0.6 is 27.5 Å². The van der Waals surface area contributed by atoms with Gasteiger partial charge in [-0.3, -0.25) is 9.59 Å². The highest BCUT2D eigenvalue weighted by Crippen LogP contribution is 2.23. The third kappa shape index (κ3) is 6.47. The van der Waals surface area contributed by atoms with Crippen molar-refractivity contribution in [1.29, 1.82) is 0 Å². The van der Waals surface area contributed by atoms with Gasteiger partial charge in [0.25, 0.3) is 0 Å². The number of carbonyl (C=O) groups is 3. The Bertz CT molecular complexity index is 1180. The van der Waals surface area contributed by atoms with E-state index in [0.717, 1.165) is 12.1 Å². The molecule has 0 saturated carbocycles. The number of amides is 2. The van der Waals surface area contributed by atoms with E-state index < -0.39 is 23.6 Å². The van der Waals surface area contributed by atoms with Crippen molar-refractivity contribution in [3.05, 3.63) is 93.2 Å². The van der Waals surface area contributed by atoms with E-state index in [0.29, 0.717) is 20.6 Å². The van der Waals surface area contributed by atoms with E-state index in [2.05, 4.69) is 31.8 Å². The lowest BCUT2D eigenvalue weighted by Gasteiger charge is -2.08. The van der Waals surface area contributed by atoms with Gasteiger partial charge in [0.1, 0.15) is 11.6 Å². The Morgan fingerprint density at radius 3 is 2.34 bits per heavy atom. The number of hydrazone groups is 1. The van der Waals surface area contributed by atoms with Gasteiger partial charge in [-0.1, -0.05) is 27.5 Å². The normalized spacial score (nSPS) is 10.6. The molecule has 0 radical (unpaired) electrons. The van der Waals surface area contributed by atoms with Crippen LogP contribution in [0.4, 0.5) is 10.1 Å². The number of anilines is 1. The highest BCUT2D eigenvalue weighted by Gasteiger charge is 2.14. The van der Waals surface area contributed by atoms with E-state index in [1.165, 1.54) is 30.5 Å². The van der Waals surface area contributed by atoms with Gasteiger partial charge in [-0.15, -0.1) is 0 Å². The fraction of sp³-hybridized carbons (Fsp3) is 0. The summed E-state index contributed by atoms with van der Waals surface area (Å²) in [6.07, 6.45) is 1.22. The van der Waals surface area contributed by atoms with Crippen LogP contribution in [0.3, 0.4) is 0 Å². The fourth-order valence-corrected chi connectivity index (χ4v) is 2.89. The van der Waals surface area contributed by atoms with Crippen LogP contribution in [-0.4, -0.2) is 24.0 Å². The van der Waals surface area contributed by atoms with E-state index in [1.807, 2.05) is 0 Å². The number of hydrogen-bond donors (Lipinski definition) is 2. The molecule has 0 bridgehead atoms. The minimum Gasteiger partial charge on any atom is -0.422 e. The number of carbonyl (C=O) groups excluding carboxylic acids is 3. The van der Waals surface area contributed by atoms with Gasteiger partial charge in [0.15, 0.2) is 0 Å².